The zero-order valence-electron chi connectivity index (χ0n) is 16.2. The Hall–Kier alpha value is -3.47. The average Bonchev–Trinajstić information content (AvgIpc) is 3.11. The molecular weight excluding hydrogens is 367 g/mol. The van der Waals surface area contributed by atoms with Gasteiger partial charge in [-0.25, -0.2) is 4.39 Å². The number of rotatable bonds is 4. The fraction of sp³-hybridized carbons (Fsp3) is 0.167. The summed E-state index contributed by atoms with van der Waals surface area (Å²) >= 11 is 0. The van der Waals surface area contributed by atoms with Gasteiger partial charge >= 0.3 is 0 Å². The van der Waals surface area contributed by atoms with Gasteiger partial charge in [0.05, 0.1) is 16.8 Å². The number of benzene rings is 3. The minimum atomic E-state index is -0.764. The van der Waals surface area contributed by atoms with E-state index in [1.165, 1.54) is 6.07 Å². The maximum absolute atomic E-state index is 14.3. The minimum absolute atomic E-state index is 0.163. The zero-order valence-corrected chi connectivity index (χ0v) is 16.2. The molecule has 4 nitrogen and oxygen atoms in total. The molecule has 0 saturated heterocycles. The average molecular weight is 388 g/mol. The van der Waals surface area contributed by atoms with E-state index in [9.17, 15) is 14.6 Å². The van der Waals surface area contributed by atoms with Crippen LogP contribution < -0.4 is 0 Å². The molecule has 0 aromatic heterocycles. The third kappa shape index (κ3) is 3.09. The number of phenols is 2. The summed E-state index contributed by atoms with van der Waals surface area (Å²) in [4.78, 5) is 0. The Morgan fingerprint density at radius 3 is 1.72 bits per heavy atom. The molecule has 0 spiro atoms. The Morgan fingerprint density at radius 2 is 1.28 bits per heavy atom. The van der Waals surface area contributed by atoms with Crippen molar-refractivity contribution in [3.05, 3.63) is 94.8 Å². The summed E-state index contributed by atoms with van der Waals surface area (Å²) in [6.07, 6.45) is 0.608. The first kappa shape index (κ1) is 18.9. The van der Waals surface area contributed by atoms with Crippen LogP contribution >= 0.6 is 0 Å². The fourth-order valence-electron chi connectivity index (χ4n) is 4.06. The lowest BCUT2D eigenvalue weighted by Gasteiger charge is -2.33. The van der Waals surface area contributed by atoms with Gasteiger partial charge in [-0.05, 0) is 96.3 Å². The molecule has 5 heteroatoms. The summed E-state index contributed by atoms with van der Waals surface area (Å²) in [5.41, 5.74) is 4.01. The monoisotopic (exact) mass is 388 g/mol. The first-order chi connectivity index (χ1) is 14.0. The Kier molecular flexibility index (Phi) is 4.66. The molecule has 3 aromatic carbocycles. The molecule has 29 heavy (non-hydrogen) atoms. The van der Waals surface area contributed by atoms with E-state index < -0.39 is 5.41 Å². The topological polar surface area (TPSA) is 65.2 Å². The largest absolute Gasteiger partial charge is 0.508 e. The highest BCUT2D eigenvalue weighted by Crippen LogP contribution is 2.42. The van der Waals surface area contributed by atoms with Crippen molar-refractivity contribution >= 4 is 11.4 Å². The highest BCUT2D eigenvalue weighted by molar-refractivity contribution is 6.30. The van der Waals surface area contributed by atoms with Gasteiger partial charge in [-0.2, -0.15) is 10.2 Å². The van der Waals surface area contributed by atoms with Crippen LogP contribution in [0.2, 0.25) is 0 Å². The van der Waals surface area contributed by atoms with Crippen molar-refractivity contribution in [2.45, 2.75) is 25.7 Å². The molecule has 0 unspecified atom stereocenters. The first-order valence-electron chi connectivity index (χ1n) is 9.47. The molecule has 0 aliphatic carbocycles. The van der Waals surface area contributed by atoms with Crippen molar-refractivity contribution in [1.82, 2.24) is 0 Å². The van der Waals surface area contributed by atoms with E-state index in [-0.39, 0.29) is 17.3 Å². The van der Waals surface area contributed by atoms with E-state index in [2.05, 4.69) is 10.2 Å². The van der Waals surface area contributed by atoms with E-state index in [4.69, 9.17) is 0 Å². The summed E-state index contributed by atoms with van der Waals surface area (Å²) in [5.74, 6) is 0.00699. The predicted octanol–water partition coefficient (Wildman–Crippen LogP) is 5.10. The number of aryl methyl sites for hydroxylation is 1. The van der Waals surface area contributed by atoms with Crippen molar-refractivity contribution in [2.24, 2.45) is 10.2 Å². The molecule has 1 heterocycles. The van der Waals surface area contributed by atoms with Crippen LogP contribution in [0.25, 0.3) is 0 Å². The van der Waals surface area contributed by atoms with Gasteiger partial charge in [0, 0.05) is 0 Å². The Morgan fingerprint density at radius 1 is 0.793 bits per heavy atom. The highest BCUT2D eigenvalue weighted by Gasteiger charge is 2.47. The second-order valence-electron chi connectivity index (χ2n) is 7.21. The number of hydrogen-bond acceptors (Lipinski definition) is 4. The lowest BCUT2D eigenvalue weighted by Crippen LogP contribution is -2.42. The number of halogens is 1. The third-order valence-electron chi connectivity index (χ3n) is 5.53. The maximum Gasteiger partial charge on any atom is 0.123 e. The van der Waals surface area contributed by atoms with Gasteiger partial charge in [0.25, 0.3) is 0 Å². The number of nitrogens with zero attached hydrogens (tertiary/aromatic N) is 2. The van der Waals surface area contributed by atoms with Gasteiger partial charge in [-0.3, -0.25) is 0 Å². The summed E-state index contributed by atoms with van der Waals surface area (Å²) in [6.45, 7) is 3.98. The molecule has 1 aliphatic heterocycles. The summed E-state index contributed by atoms with van der Waals surface area (Å²) in [5, 5.41) is 28.4. The van der Waals surface area contributed by atoms with E-state index in [1.54, 1.807) is 60.7 Å². The predicted molar refractivity (Wildman–Crippen MR) is 112 cm³/mol. The highest BCUT2D eigenvalue weighted by atomic mass is 19.1. The van der Waals surface area contributed by atoms with Crippen LogP contribution in [0.3, 0.4) is 0 Å². The summed E-state index contributed by atoms with van der Waals surface area (Å²) in [7, 11) is 0. The Labute approximate surface area is 168 Å². The normalized spacial score (nSPS) is 15.1. The molecular formula is C24H21FN2O2. The first-order valence-corrected chi connectivity index (χ1v) is 9.47. The van der Waals surface area contributed by atoms with Gasteiger partial charge < -0.3 is 10.2 Å². The van der Waals surface area contributed by atoms with Crippen molar-refractivity contribution in [1.29, 1.82) is 0 Å². The van der Waals surface area contributed by atoms with E-state index in [0.29, 0.717) is 17.8 Å². The van der Waals surface area contributed by atoms with Gasteiger partial charge in [0.2, 0.25) is 0 Å². The Bertz CT molecular complexity index is 1060. The molecule has 2 N–H and O–H groups in total. The molecule has 1 aliphatic rings. The van der Waals surface area contributed by atoms with Gasteiger partial charge in [-0.1, -0.05) is 13.0 Å². The molecule has 0 bridgehead atoms. The molecule has 146 valence electrons. The fourth-order valence-corrected chi connectivity index (χ4v) is 4.06. The summed E-state index contributed by atoms with van der Waals surface area (Å²) < 4.78 is 14.3. The van der Waals surface area contributed by atoms with Crippen molar-refractivity contribution in [3.8, 4) is 11.5 Å². The van der Waals surface area contributed by atoms with E-state index >= 15 is 0 Å². The summed E-state index contributed by atoms with van der Waals surface area (Å²) in [6, 6.07) is 18.4. The molecule has 3 aromatic rings. The molecule has 0 saturated carbocycles. The Balaban J connectivity index is 1.97. The van der Waals surface area contributed by atoms with Crippen molar-refractivity contribution < 1.29 is 14.6 Å². The quantitative estimate of drug-likeness (QED) is 0.653. The van der Waals surface area contributed by atoms with Crippen LogP contribution in [0.5, 0.6) is 11.5 Å². The van der Waals surface area contributed by atoms with Crippen LogP contribution in [0.1, 0.15) is 35.6 Å². The second-order valence-corrected chi connectivity index (χ2v) is 7.21. The standard InChI is InChI=1S/C24H21FN2O2/c1-3-24(21-14-18(25)9-4-15(21)2)22(16-5-10-19(28)11-6-16)26-27-23(24)17-7-12-20(29)13-8-17/h4-14,28-29H,3H2,1-2H3. The van der Waals surface area contributed by atoms with Gasteiger partial charge in [0.15, 0.2) is 0 Å². The number of aromatic hydroxyl groups is 2. The van der Waals surface area contributed by atoms with Crippen LogP contribution in [-0.4, -0.2) is 21.6 Å². The van der Waals surface area contributed by atoms with Crippen molar-refractivity contribution in [2.75, 3.05) is 0 Å². The van der Waals surface area contributed by atoms with Crippen molar-refractivity contribution in [3.63, 3.8) is 0 Å². The maximum atomic E-state index is 14.3. The lowest BCUT2D eigenvalue weighted by atomic mass is 9.66. The van der Waals surface area contributed by atoms with Crippen LogP contribution in [0, 0.1) is 12.7 Å². The molecule has 4 rings (SSSR count). The zero-order chi connectivity index (χ0) is 20.6. The SMILES string of the molecule is CCC1(c2cc(F)ccc2C)C(c2ccc(O)cc2)=NN=C1c1ccc(O)cc1. The molecule has 0 radical (unpaired) electrons. The van der Waals surface area contributed by atoms with Crippen LogP contribution in [0.15, 0.2) is 76.9 Å². The lowest BCUT2D eigenvalue weighted by molar-refractivity contribution is 0.475. The molecule has 0 amide bonds. The number of phenolic OH excluding ortho intramolecular Hbond substituents is 2. The molecule has 0 atom stereocenters. The van der Waals surface area contributed by atoms with E-state index in [0.717, 1.165) is 22.3 Å². The minimum Gasteiger partial charge on any atom is -0.508 e. The molecule has 0 fully saturated rings. The van der Waals surface area contributed by atoms with Crippen LogP contribution in [0.4, 0.5) is 4.39 Å². The van der Waals surface area contributed by atoms with Crippen LogP contribution in [-0.2, 0) is 5.41 Å². The smallest absolute Gasteiger partial charge is 0.123 e. The van der Waals surface area contributed by atoms with Gasteiger partial charge in [0.1, 0.15) is 17.3 Å². The van der Waals surface area contributed by atoms with Gasteiger partial charge in [-0.15, -0.1) is 0 Å². The third-order valence-corrected chi connectivity index (χ3v) is 5.53. The second kappa shape index (κ2) is 7.17. The van der Waals surface area contributed by atoms with E-state index in [1.807, 2.05) is 13.8 Å². The number of hydrogen-bond donors (Lipinski definition) is 2.